The van der Waals surface area contributed by atoms with Gasteiger partial charge in [-0.2, -0.15) is 4.98 Å². The molecule has 0 saturated heterocycles. The average molecular weight is 378 g/mol. The van der Waals surface area contributed by atoms with E-state index >= 15 is 0 Å². The Bertz CT molecular complexity index is 1190. The first-order valence-corrected chi connectivity index (χ1v) is 9.11. The van der Waals surface area contributed by atoms with Gasteiger partial charge in [-0.05, 0) is 31.9 Å². The number of aromatic nitrogens is 6. The van der Waals surface area contributed by atoms with Crippen LogP contribution in [-0.2, 0) is 0 Å². The average Bonchev–Trinajstić information content (AvgIpc) is 3.32. The van der Waals surface area contributed by atoms with Crippen molar-refractivity contribution >= 4 is 11.2 Å². The minimum Gasteiger partial charge on any atom is -0.491 e. The molecule has 0 spiro atoms. The molecule has 28 heavy (non-hydrogen) atoms. The molecule has 1 unspecified atom stereocenters. The van der Waals surface area contributed by atoms with Crippen LogP contribution in [0.3, 0.4) is 0 Å². The van der Waals surface area contributed by atoms with Gasteiger partial charge < -0.3 is 14.5 Å². The van der Waals surface area contributed by atoms with Crippen molar-refractivity contribution in [1.29, 1.82) is 0 Å². The van der Waals surface area contributed by atoms with E-state index in [1.54, 1.807) is 30.7 Å². The summed E-state index contributed by atoms with van der Waals surface area (Å²) in [6, 6.07) is 5.36. The zero-order valence-corrected chi connectivity index (χ0v) is 15.2. The van der Waals surface area contributed by atoms with E-state index in [0.717, 1.165) is 18.4 Å². The second kappa shape index (κ2) is 6.52. The van der Waals surface area contributed by atoms with Gasteiger partial charge in [-0.3, -0.25) is 4.98 Å². The van der Waals surface area contributed by atoms with Gasteiger partial charge in [0.1, 0.15) is 22.9 Å². The van der Waals surface area contributed by atoms with E-state index in [4.69, 9.17) is 9.47 Å². The first-order valence-electron chi connectivity index (χ1n) is 9.11. The lowest BCUT2D eigenvalue weighted by molar-refractivity contribution is 0.187. The highest BCUT2D eigenvalue weighted by Gasteiger charge is 2.20. The van der Waals surface area contributed by atoms with E-state index in [1.165, 1.54) is 4.57 Å². The number of ether oxygens (including phenoxy) is 2. The summed E-state index contributed by atoms with van der Waals surface area (Å²) in [5.74, 6) is 2.10. The molecule has 1 aliphatic rings. The van der Waals surface area contributed by atoms with Crippen molar-refractivity contribution in [3.05, 3.63) is 47.3 Å². The summed E-state index contributed by atoms with van der Waals surface area (Å²) in [5, 5.41) is 0. The predicted octanol–water partition coefficient (Wildman–Crippen LogP) is 2.44. The van der Waals surface area contributed by atoms with E-state index in [-0.39, 0.29) is 11.8 Å². The van der Waals surface area contributed by atoms with Crippen LogP contribution in [0.2, 0.25) is 0 Å². The number of hydrogen-bond acceptors (Lipinski definition) is 6. The fourth-order valence-electron chi connectivity index (χ4n) is 3.38. The monoisotopic (exact) mass is 378 g/mol. The molecule has 0 radical (unpaired) electrons. The van der Waals surface area contributed by atoms with Crippen LogP contribution in [0.5, 0.6) is 11.6 Å². The number of nitrogens with one attached hydrogen (secondary N) is 2. The number of hydrogen-bond donors (Lipinski definition) is 2. The largest absolute Gasteiger partial charge is 0.491 e. The SMILES string of the molecule is CC1CCCOc2ccnc3[nH]c(=O)n(c23)-c2ccc(-c3ncc[nH]3)c(n2)O1. The highest BCUT2D eigenvalue weighted by Crippen LogP contribution is 2.30. The van der Waals surface area contributed by atoms with Gasteiger partial charge in [0.05, 0.1) is 18.3 Å². The van der Waals surface area contributed by atoms with E-state index in [2.05, 4.69) is 24.9 Å². The summed E-state index contributed by atoms with van der Waals surface area (Å²) >= 11 is 0. The molecule has 4 aromatic rings. The first kappa shape index (κ1) is 16.5. The number of nitrogens with zero attached hydrogens (tertiary/aromatic N) is 4. The second-order valence-electron chi connectivity index (χ2n) is 6.65. The third-order valence-corrected chi connectivity index (χ3v) is 4.69. The summed E-state index contributed by atoms with van der Waals surface area (Å²) in [6.45, 7) is 2.50. The predicted molar refractivity (Wildman–Crippen MR) is 102 cm³/mol. The fraction of sp³-hybridized carbons (Fsp3) is 0.263. The maximum absolute atomic E-state index is 12.7. The number of H-pyrrole nitrogens is 2. The van der Waals surface area contributed by atoms with Gasteiger partial charge in [0.15, 0.2) is 5.65 Å². The molecule has 4 aromatic heterocycles. The Labute approximate surface area is 159 Å². The third kappa shape index (κ3) is 2.72. The molecule has 0 aromatic carbocycles. The molecule has 1 aliphatic heterocycles. The van der Waals surface area contributed by atoms with Gasteiger partial charge in [0, 0.05) is 24.7 Å². The Morgan fingerprint density at radius 2 is 2.14 bits per heavy atom. The number of pyridine rings is 2. The van der Waals surface area contributed by atoms with E-state index in [1.807, 2.05) is 13.0 Å². The highest BCUT2D eigenvalue weighted by atomic mass is 16.5. The number of aromatic amines is 2. The maximum Gasteiger partial charge on any atom is 0.333 e. The molecular weight excluding hydrogens is 360 g/mol. The van der Waals surface area contributed by atoms with Gasteiger partial charge in [-0.15, -0.1) is 0 Å². The Hall–Kier alpha value is -3.62. The van der Waals surface area contributed by atoms with Gasteiger partial charge in [-0.1, -0.05) is 0 Å². The van der Waals surface area contributed by atoms with Crippen molar-refractivity contribution in [2.75, 3.05) is 6.61 Å². The van der Waals surface area contributed by atoms with Crippen LogP contribution in [0.1, 0.15) is 19.8 Å². The molecule has 0 amide bonds. The van der Waals surface area contributed by atoms with E-state index in [0.29, 0.717) is 41.0 Å². The van der Waals surface area contributed by atoms with Gasteiger partial charge in [0.25, 0.3) is 0 Å². The van der Waals surface area contributed by atoms with Crippen LogP contribution in [0.15, 0.2) is 41.6 Å². The van der Waals surface area contributed by atoms with Crippen LogP contribution in [0.4, 0.5) is 0 Å². The highest BCUT2D eigenvalue weighted by molar-refractivity contribution is 5.80. The van der Waals surface area contributed by atoms with Crippen molar-refractivity contribution in [2.45, 2.75) is 25.9 Å². The van der Waals surface area contributed by atoms with Crippen LogP contribution >= 0.6 is 0 Å². The molecule has 1 atom stereocenters. The molecule has 2 N–H and O–H groups in total. The molecule has 142 valence electrons. The molecule has 5 rings (SSSR count). The van der Waals surface area contributed by atoms with E-state index in [9.17, 15) is 4.79 Å². The first-order chi connectivity index (χ1) is 13.7. The molecule has 0 saturated carbocycles. The van der Waals surface area contributed by atoms with Gasteiger partial charge >= 0.3 is 5.69 Å². The number of fused-ring (bicyclic) bond motifs is 3. The molecule has 9 nitrogen and oxygen atoms in total. The van der Waals surface area contributed by atoms with Gasteiger partial charge in [0.2, 0.25) is 5.88 Å². The minimum absolute atomic E-state index is 0.0700. The maximum atomic E-state index is 12.7. The summed E-state index contributed by atoms with van der Waals surface area (Å²) in [5.41, 5.74) is 1.41. The van der Waals surface area contributed by atoms with Crippen molar-refractivity contribution < 1.29 is 9.47 Å². The van der Waals surface area contributed by atoms with Crippen molar-refractivity contribution in [1.82, 2.24) is 29.5 Å². The Balaban J connectivity index is 1.77. The summed E-state index contributed by atoms with van der Waals surface area (Å²) in [4.78, 5) is 31.7. The Morgan fingerprint density at radius 3 is 3.00 bits per heavy atom. The van der Waals surface area contributed by atoms with Crippen LogP contribution in [0.25, 0.3) is 28.4 Å². The van der Waals surface area contributed by atoms with Crippen molar-refractivity contribution in [2.24, 2.45) is 0 Å². The second-order valence-corrected chi connectivity index (χ2v) is 6.65. The van der Waals surface area contributed by atoms with Crippen molar-refractivity contribution in [3.8, 4) is 28.8 Å². The van der Waals surface area contributed by atoms with Crippen LogP contribution < -0.4 is 15.2 Å². The topological polar surface area (TPSA) is 111 Å². The molecule has 0 aliphatic carbocycles. The third-order valence-electron chi connectivity index (χ3n) is 4.69. The van der Waals surface area contributed by atoms with Crippen LogP contribution in [-0.4, -0.2) is 42.2 Å². The lowest BCUT2D eigenvalue weighted by atomic mass is 10.2. The lowest BCUT2D eigenvalue weighted by Gasteiger charge is -2.18. The molecule has 9 heteroatoms. The van der Waals surface area contributed by atoms with Crippen LogP contribution in [0, 0.1) is 0 Å². The number of imidazole rings is 2. The smallest absolute Gasteiger partial charge is 0.333 e. The van der Waals surface area contributed by atoms with Gasteiger partial charge in [-0.25, -0.2) is 19.3 Å². The fourth-order valence-corrected chi connectivity index (χ4v) is 3.38. The molecule has 0 fully saturated rings. The molecule has 2 bridgehead atoms. The summed E-state index contributed by atoms with van der Waals surface area (Å²) in [7, 11) is 0. The Kier molecular flexibility index (Phi) is 3.85. The summed E-state index contributed by atoms with van der Waals surface area (Å²) in [6.07, 6.45) is 6.57. The standard InChI is InChI=1S/C19H18N6O3/c1-11-3-2-10-27-13-6-7-20-17-15(13)25(19(26)24-17)14-5-4-12(18(23-14)28-11)16-21-8-9-22-16/h4-9,11H,2-3,10H2,1H3,(H,21,22)(H,20,24,26). The normalized spacial score (nSPS) is 16.7. The van der Waals surface area contributed by atoms with Crippen molar-refractivity contribution in [3.63, 3.8) is 0 Å². The quantitative estimate of drug-likeness (QED) is 0.526. The summed E-state index contributed by atoms with van der Waals surface area (Å²) < 4.78 is 13.5. The number of rotatable bonds is 1. The zero-order chi connectivity index (χ0) is 19.1. The zero-order valence-electron chi connectivity index (χ0n) is 15.2. The lowest BCUT2D eigenvalue weighted by Crippen LogP contribution is -2.19. The molecule has 5 heterocycles. The van der Waals surface area contributed by atoms with E-state index < -0.39 is 0 Å². The minimum atomic E-state index is -0.340. The molecular formula is C19H18N6O3. The Morgan fingerprint density at radius 1 is 1.21 bits per heavy atom.